The second-order valence-corrected chi connectivity index (χ2v) is 7.96. The summed E-state index contributed by atoms with van der Waals surface area (Å²) in [4.78, 5) is 35.1. The van der Waals surface area contributed by atoms with E-state index in [4.69, 9.17) is 0 Å². The van der Waals surface area contributed by atoms with Gasteiger partial charge in [0.05, 0.1) is 11.9 Å². The molecule has 1 spiro atoms. The Morgan fingerprint density at radius 3 is 2.60 bits per heavy atom. The van der Waals surface area contributed by atoms with Gasteiger partial charge in [-0.15, -0.1) is 0 Å². The Labute approximate surface area is 148 Å². The lowest BCUT2D eigenvalue weighted by molar-refractivity contribution is -0.132. The van der Waals surface area contributed by atoms with E-state index in [2.05, 4.69) is 20.2 Å². The number of amides is 2. The van der Waals surface area contributed by atoms with E-state index < -0.39 is 0 Å². The predicted molar refractivity (Wildman–Crippen MR) is 92.9 cm³/mol. The van der Waals surface area contributed by atoms with Crippen LogP contribution in [0.4, 0.5) is 0 Å². The molecule has 0 bridgehead atoms. The molecule has 2 heterocycles. The third-order valence-corrected chi connectivity index (χ3v) is 6.08. The number of nitrogens with one attached hydrogen (secondary N) is 1. The van der Waals surface area contributed by atoms with Crippen LogP contribution >= 0.6 is 0 Å². The monoisotopic (exact) mass is 342 g/mol. The molecule has 1 aromatic heterocycles. The number of carbonyl (C=O) groups is 2. The van der Waals surface area contributed by atoms with Crippen LogP contribution in [-0.4, -0.2) is 44.8 Å². The van der Waals surface area contributed by atoms with Gasteiger partial charge in [-0.1, -0.05) is 0 Å². The molecule has 1 saturated heterocycles. The quantitative estimate of drug-likeness (QED) is 0.910. The van der Waals surface area contributed by atoms with Crippen molar-refractivity contribution in [1.29, 1.82) is 0 Å². The van der Waals surface area contributed by atoms with Crippen LogP contribution < -0.4 is 5.32 Å². The van der Waals surface area contributed by atoms with Crippen molar-refractivity contribution in [3.8, 4) is 0 Å². The van der Waals surface area contributed by atoms with Crippen LogP contribution in [0.2, 0.25) is 0 Å². The molecule has 6 heteroatoms. The van der Waals surface area contributed by atoms with Crippen molar-refractivity contribution in [3.05, 3.63) is 23.8 Å². The fourth-order valence-electron chi connectivity index (χ4n) is 4.32. The lowest BCUT2D eigenvalue weighted by atomic mass is 9.77. The third kappa shape index (κ3) is 3.39. The summed E-state index contributed by atoms with van der Waals surface area (Å²) in [5.74, 6) is 0.923. The first-order valence-electron chi connectivity index (χ1n) is 9.46. The van der Waals surface area contributed by atoms with Gasteiger partial charge in [-0.3, -0.25) is 14.6 Å². The second kappa shape index (κ2) is 6.39. The normalized spacial score (nSPS) is 29.2. The Morgan fingerprint density at radius 2 is 1.96 bits per heavy atom. The molecule has 3 fully saturated rings. The van der Waals surface area contributed by atoms with Crippen LogP contribution in [0.15, 0.2) is 12.4 Å². The number of hydrogen-bond donors (Lipinski definition) is 1. The van der Waals surface area contributed by atoms with Crippen molar-refractivity contribution in [2.45, 2.75) is 69.9 Å². The van der Waals surface area contributed by atoms with Crippen LogP contribution in [-0.2, 0) is 4.79 Å². The summed E-state index contributed by atoms with van der Waals surface area (Å²) in [6, 6.07) is 0.166. The maximum Gasteiger partial charge on any atom is 0.271 e. The average Bonchev–Trinajstić information content (AvgIpc) is 3.39. The van der Waals surface area contributed by atoms with Gasteiger partial charge in [0.2, 0.25) is 5.91 Å². The van der Waals surface area contributed by atoms with E-state index in [1.807, 2.05) is 6.92 Å². The predicted octanol–water partition coefficient (Wildman–Crippen LogP) is 2.23. The van der Waals surface area contributed by atoms with E-state index in [9.17, 15) is 9.59 Å². The maximum atomic E-state index is 12.3. The molecule has 0 atom stereocenters. The molecule has 25 heavy (non-hydrogen) atoms. The highest BCUT2D eigenvalue weighted by molar-refractivity contribution is 5.92. The maximum absolute atomic E-state index is 12.3. The van der Waals surface area contributed by atoms with Crippen molar-refractivity contribution < 1.29 is 9.59 Å². The fourth-order valence-corrected chi connectivity index (χ4v) is 4.32. The number of likely N-dealkylation sites (tertiary alicyclic amines) is 1. The van der Waals surface area contributed by atoms with Gasteiger partial charge < -0.3 is 10.2 Å². The number of aryl methyl sites for hydroxylation is 1. The second-order valence-electron chi connectivity index (χ2n) is 7.96. The molecule has 134 valence electrons. The first-order chi connectivity index (χ1) is 12.1. The van der Waals surface area contributed by atoms with Gasteiger partial charge in [-0.05, 0) is 57.8 Å². The van der Waals surface area contributed by atoms with E-state index in [1.165, 1.54) is 19.0 Å². The van der Waals surface area contributed by atoms with Crippen molar-refractivity contribution in [3.63, 3.8) is 0 Å². The molecule has 3 aliphatic rings. The molecule has 1 aromatic rings. The number of hydrogen-bond acceptors (Lipinski definition) is 4. The topological polar surface area (TPSA) is 75.2 Å². The van der Waals surface area contributed by atoms with Crippen molar-refractivity contribution >= 4 is 11.8 Å². The van der Waals surface area contributed by atoms with Crippen molar-refractivity contribution in [2.75, 3.05) is 6.54 Å². The van der Waals surface area contributed by atoms with Gasteiger partial charge in [-0.2, -0.15) is 0 Å². The largest absolute Gasteiger partial charge is 0.348 e. The van der Waals surface area contributed by atoms with Crippen LogP contribution in [0.25, 0.3) is 0 Å². The van der Waals surface area contributed by atoms with Crippen LogP contribution in [0.3, 0.4) is 0 Å². The Balaban J connectivity index is 1.35. The summed E-state index contributed by atoms with van der Waals surface area (Å²) in [6.45, 7) is 2.81. The molecule has 0 unspecified atom stereocenters. The third-order valence-electron chi connectivity index (χ3n) is 6.08. The summed E-state index contributed by atoms with van der Waals surface area (Å²) >= 11 is 0. The molecule has 1 aliphatic heterocycles. The van der Waals surface area contributed by atoms with Gasteiger partial charge in [0, 0.05) is 30.7 Å². The van der Waals surface area contributed by atoms with Gasteiger partial charge in [0.1, 0.15) is 5.69 Å². The molecule has 1 N–H and O–H groups in total. The summed E-state index contributed by atoms with van der Waals surface area (Å²) in [7, 11) is 0. The van der Waals surface area contributed by atoms with E-state index in [1.54, 1.807) is 6.20 Å². The molecule has 0 radical (unpaired) electrons. The molecule has 0 aromatic carbocycles. The van der Waals surface area contributed by atoms with Gasteiger partial charge in [0.15, 0.2) is 0 Å². The summed E-state index contributed by atoms with van der Waals surface area (Å²) in [6.07, 6.45) is 11.2. The molecule has 2 amide bonds. The summed E-state index contributed by atoms with van der Waals surface area (Å²) in [5, 5.41) is 3.10. The Morgan fingerprint density at radius 1 is 1.20 bits per heavy atom. The smallest absolute Gasteiger partial charge is 0.271 e. The van der Waals surface area contributed by atoms with E-state index in [-0.39, 0.29) is 17.5 Å². The SMILES string of the molecule is Cc1cnc(C(=O)NC2CCC3(CCC(=O)N3CC3CC3)CC2)cn1. The lowest BCUT2D eigenvalue weighted by Gasteiger charge is -2.44. The molecule has 2 aliphatic carbocycles. The first-order valence-corrected chi connectivity index (χ1v) is 9.46. The Hall–Kier alpha value is -1.98. The standard InChI is InChI=1S/C19H26N4O2/c1-13-10-21-16(11-20-13)18(25)22-15-4-7-19(8-5-15)9-6-17(24)23(19)12-14-2-3-14/h10-11,14-15H,2-9,12H2,1H3,(H,22,25). The lowest BCUT2D eigenvalue weighted by Crippen LogP contribution is -2.51. The van der Waals surface area contributed by atoms with Crippen molar-refractivity contribution in [2.24, 2.45) is 5.92 Å². The zero-order valence-corrected chi connectivity index (χ0v) is 14.8. The zero-order chi connectivity index (χ0) is 17.4. The van der Waals surface area contributed by atoms with Gasteiger partial charge in [0.25, 0.3) is 5.91 Å². The minimum atomic E-state index is -0.147. The van der Waals surface area contributed by atoms with Gasteiger partial charge >= 0.3 is 0 Å². The van der Waals surface area contributed by atoms with Crippen LogP contribution in [0.1, 0.15) is 67.5 Å². The first kappa shape index (κ1) is 16.5. The number of carbonyl (C=O) groups excluding carboxylic acids is 2. The Bertz CT molecular complexity index is 661. The average molecular weight is 342 g/mol. The zero-order valence-electron chi connectivity index (χ0n) is 14.8. The molecular formula is C19H26N4O2. The molecule has 2 saturated carbocycles. The van der Waals surface area contributed by atoms with Gasteiger partial charge in [-0.25, -0.2) is 4.98 Å². The summed E-state index contributed by atoms with van der Waals surface area (Å²) < 4.78 is 0. The fraction of sp³-hybridized carbons (Fsp3) is 0.684. The molecule has 6 nitrogen and oxygen atoms in total. The number of nitrogens with zero attached hydrogens (tertiary/aromatic N) is 3. The summed E-state index contributed by atoms with van der Waals surface area (Å²) in [5.41, 5.74) is 1.24. The van der Waals surface area contributed by atoms with E-state index in [0.29, 0.717) is 18.0 Å². The van der Waals surface area contributed by atoms with Crippen molar-refractivity contribution in [1.82, 2.24) is 20.2 Å². The van der Waals surface area contributed by atoms with E-state index in [0.717, 1.165) is 50.3 Å². The molecular weight excluding hydrogens is 316 g/mol. The highest BCUT2D eigenvalue weighted by Crippen LogP contribution is 2.44. The highest BCUT2D eigenvalue weighted by atomic mass is 16.2. The highest BCUT2D eigenvalue weighted by Gasteiger charge is 2.48. The minimum Gasteiger partial charge on any atom is -0.348 e. The number of aromatic nitrogens is 2. The Kier molecular flexibility index (Phi) is 4.21. The van der Waals surface area contributed by atoms with Crippen LogP contribution in [0.5, 0.6) is 0 Å². The molecule has 4 rings (SSSR count). The van der Waals surface area contributed by atoms with E-state index >= 15 is 0 Å². The van der Waals surface area contributed by atoms with Crippen LogP contribution in [0, 0.1) is 12.8 Å². The number of rotatable bonds is 4. The minimum absolute atomic E-state index is 0.0601.